The molecule has 0 saturated carbocycles. The fraction of sp³-hybridized carbons (Fsp3) is 0. The first-order chi connectivity index (χ1) is 9.88. The summed E-state index contributed by atoms with van der Waals surface area (Å²) >= 11 is 11.5. The number of halogens is 2. The molecule has 2 aromatic rings. The second-order valence-corrected chi connectivity index (χ2v) is 4.57. The minimum atomic E-state index is -1.31. The summed E-state index contributed by atoms with van der Waals surface area (Å²) < 4.78 is 5.30. The van der Waals surface area contributed by atoms with E-state index < -0.39 is 10.9 Å². The van der Waals surface area contributed by atoms with Gasteiger partial charge >= 0.3 is 5.97 Å². The average molecular weight is 329 g/mol. The summed E-state index contributed by atoms with van der Waals surface area (Å²) in [4.78, 5) is 24.6. The van der Waals surface area contributed by atoms with Gasteiger partial charge in [0.1, 0.15) is 5.75 Å². The van der Waals surface area contributed by atoms with E-state index in [1.54, 1.807) is 0 Å². The Morgan fingerprint density at radius 2 is 1.95 bits per heavy atom. The summed E-state index contributed by atoms with van der Waals surface area (Å²) in [6, 6.07) is 6.27. The SMILES string of the molecule is O=C(O)c1nc(Oc2ccc([N+](=O)[O-])cc2Cl)ccc1Cl. The standard InChI is InChI=1S/C12H6Cl2N2O5/c13-7-2-4-10(15-11(7)12(17)18)21-9-3-1-6(16(19)20)5-8(9)14/h1-5H,(H,17,18). The fourth-order valence-electron chi connectivity index (χ4n) is 1.43. The minimum Gasteiger partial charge on any atom is -0.476 e. The van der Waals surface area contributed by atoms with Crippen molar-refractivity contribution in [3.63, 3.8) is 0 Å². The van der Waals surface area contributed by atoms with Gasteiger partial charge in [0.05, 0.1) is 15.0 Å². The number of benzene rings is 1. The van der Waals surface area contributed by atoms with E-state index in [1.165, 1.54) is 24.3 Å². The van der Waals surface area contributed by atoms with Crippen molar-refractivity contribution in [2.45, 2.75) is 0 Å². The molecule has 108 valence electrons. The van der Waals surface area contributed by atoms with Gasteiger partial charge < -0.3 is 9.84 Å². The summed E-state index contributed by atoms with van der Waals surface area (Å²) in [6.45, 7) is 0. The van der Waals surface area contributed by atoms with Crippen molar-refractivity contribution >= 4 is 34.9 Å². The molecule has 0 amide bonds. The third-order valence-electron chi connectivity index (χ3n) is 2.36. The van der Waals surface area contributed by atoms with E-state index in [9.17, 15) is 14.9 Å². The largest absolute Gasteiger partial charge is 0.476 e. The number of pyridine rings is 1. The van der Waals surface area contributed by atoms with E-state index in [1.807, 2.05) is 0 Å². The molecule has 0 saturated heterocycles. The summed E-state index contributed by atoms with van der Waals surface area (Å²) in [5.41, 5.74) is -0.560. The van der Waals surface area contributed by atoms with Gasteiger partial charge in [0, 0.05) is 18.2 Å². The Kier molecular flexibility index (Phi) is 4.25. The van der Waals surface area contributed by atoms with E-state index in [-0.39, 0.29) is 33.1 Å². The summed E-state index contributed by atoms with van der Waals surface area (Å²) in [5.74, 6) is -1.25. The van der Waals surface area contributed by atoms with Gasteiger partial charge in [-0.2, -0.15) is 0 Å². The van der Waals surface area contributed by atoms with Gasteiger partial charge in [0.15, 0.2) is 5.69 Å². The van der Waals surface area contributed by atoms with Gasteiger partial charge in [0.2, 0.25) is 5.88 Å². The highest BCUT2D eigenvalue weighted by Crippen LogP contribution is 2.32. The van der Waals surface area contributed by atoms with Crippen molar-refractivity contribution in [1.82, 2.24) is 4.98 Å². The van der Waals surface area contributed by atoms with Crippen LogP contribution in [-0.4, -0.2) is 21.0 Å². The van der Waals surface area contributed by atoms with E-state index in [0.29, 0.717) is 0 Å². The van der Waals surface area contributed by atoms with Crippen molar-refractivity contribution in [3.8, 4) is 11.6 Å². The Labute approximate surface area is 127 Å². The molecular formula is C12H6Cl2N2O5. The first-order valence-electron chi connectivity index (χ1n) is 5.40. The number of nitro groups is 1. The number of carboxylic acid groups (broad SMARTS) is 1. The molecule has 0 unspecified atom stereocenters. The van der Waals surface area contributed by atoms with E-state index >= 15 is 0 Å². The van der Waals surface area contributed by atoms with Crippen LogP contribution in [0.25, 0.3) is 0 Å². The average Bonchev–Trinajstić information content (AvgIpc) is 2.42. The predicted molar refractivity (Wildman–Crippen MR) is 74.4 cm³/mol. The lowest BCUT2D eigenvalue weighted by atomic mass is 10.3. The molecule has 0 radical (unpaired) electrons. The van der Waals surface area contributed by atoms with E-state index in [4.69, 9.17) is 33.0 Å². The lowest BCUT2D eigenvalue weighted by Gasteiger charge is -2.07. The van der Waals surface area contributed by atoms with Crippen molar-refractivity contribution in [1.29, 1.82) is 0 Å². The van der Waals surface area contributed by atoms with Gasteiger partial charge in [-0.15, -0.1) is 0 Å². The molecule has 0 aliphatic carbocycles. The molecule has 0 aliphatic rings. The Balaban J connectivity index is 2.32. The topological polar surface area (TPSA) is 103 Å². The molecule has 0 spiro atoms. The third kappa shape index (κ3) is 3.39. The highest BCUT2D eigenvalue weighted by Gasteiger charge is 2.15. The molecule has 21 heavy (non-hydrogen) atoms. The van der Waals surface area contributed by atoms with Crippen LogP contribution < -0.4 is 4.74 Å². The monoisotopic (exact) mass is 328 g/mol. The van der Waals surface area contributed by atoms with Crippen LogP contribution in [0.15, 0.2) is 30.3 Å². The number of hydrogen-bond donors (Lipinski definition) is 1. The van der Waals surface area contributed by atoms with Crippen LogP contribution in [0.5, 0.6) is 11.6 Å². The number of carbonyl (C=O) groups is 1. The Morgan fingerprint density at radius 1 is 1.24 bits per heavy atom. The highest BCUT2D eigenvalue weighted by molar-refractivity contribution is 6.33. The molecule has 0 atom stereocenters. The second kappa shape index (κ2) is 5.94. The van der Waals surface area contributed by atoms with Crippen LogP contribution in [0.3, 0.4) is 0 Å². The van der Waals surface area contributed by atoms with Crippen molar-refractivity contribution < 1.29 is 19.6 Å². The van der Waals surface area contributed by atoms with Crippen molar-refractivity contribution in [2.75, 3.05) is 0 Å². The lowest BCUT2D eigenvalue weighted by Crippen LogP contribution is -2.02. The molecule has 1 heterocycles. The number of nitrogens with zero attached hydrogens (tertiary/aromatic N) is 2. The number of ether oxygens (including phenoxy) is 1. The molecule has 7 nitrogen and oxygen atoms in total. The first kappa shape index (κ1) is 15.0. The maximum Gasteiger partial charge on any atom is 0.356 e. The summed E-state index contributed by atoms with van der Waals surface area (Å²) in [6.07, 6.45) is 0. The normalized spacial score (nSPS) is 10.2. The predicted octanol–water partition coefficient (Wildman–Crippen LogP) is 3.79. The number of carboxylic acids is 1. The molecule has 2 rings (SSSR count). The van der Waals surface area contributed by atoms with Crippen LogP contribution in [0, 0.1) is 10.1 Å². The zero-order valence-electron chi connectivity index (χ0n) is 10.1. The number of aromatic carboxylic acids is 1. The lowest BCUT2D eigenvalue weighted by molar-refractivity contribution is -0.384. The van der Waals surface area contributed by atoms with E-state index in [2.05, 4.69) is 4.98 Å². The van der Waals surface area contributed by atoms with Crippen molar-refractivity contribution in [3.05, 3.63) is 56.2 Å². The Bertz CT molecular complexity index is 736. The maximum absolute atomic E-state index is 10.9. The molecule has 0 aliphatic heterocycles. The second-order valence-electron chi connectivity index (χ2n) is 3.76. The first-order valence-corrected chi connectivity index (χ1v) is 6.15. The molecule has 0 bridgehead atoms. The Morgan fingerprint density at radius 3 is 2.52 bits per heavy atom. The number of aromatic nitrogens is 1. The highest BCUT2D eigenvalue weighted by atomic mass is 35.5. The molecule has 1 aromatic heterocycles. The smallest absolute Gasteiger partial charge is 0.356 e. The van der Waals surface area contributed by atoms with Gasteiger partial charge in [-0.1, -0.05) is 23.2 Å². The van der Waals surface area contributed by atoms with Gasteiger partial charge in [-0.05, 0) is 12.1 Å². The van der Waals surface area contributed by atoms with Crippen LogP contribution in [-0.2, 0) is 0 Å². The maximum atomic E-state index is 10.9. The van der Waals surface area contributed by atoms with Crippen LogP contribution in [0.2, 0.25) is 10.0 Å². The van der Waals surface area contributed by atoms with Gasteiger partial charge in [-0.25, -0.2) is 9.78 Å². The molecular weight excluding hydrogens is 323 g/mol. The van der Waals surface area contributed by atoms with E-state index in [0.717, 1.165) is 6.07 Å². The zero-order valence-corrected chi connectivity index (χ0v) is 11.6. The Hall–Kier alpha value is -2.38. The van der Waals surface area contributed by atoms with Crippen LogP contribution >= 0.6 is 23.2 Å². The fourth-order valence-corrected chi connectivity index (χ4v) is 1.83. The molecule has 0 fully saturated rings. The minimum absolute atomic E-state index is 0.00201. The zero-order chi connectivity index (χ0) is 15.6. The number of nitro benzene ring substituents is 1. The quantitative estimate of drug-likeness (QED) is 0.676. The van der Waals surface area contributed by atoms with Crippen molar-refractivity contribution in [2.24, 2.45) is 0 Å². The summed E-state index contributed by atoms with van der Waals surface area (Å²) in [5, 5.41) is 19.5. The summed E-state index contributed by atoms with van der Waals surface area (Å²) in [7, 11) is 0. The number of non-ortho nitro benzene ring substituents is 1. The molecule has 1 aromatic carbocycles. The van der Waals surface area contributed by atoms with Gasteiger partial charge in [-0.3, -0.25) is 10.1 Å². The molecule has 1 N–H and O–H groups in total. The number of hydrogen-bond acceptors (Lipinski definition) is 5. The molecule has 9 heteroatoms. The number of rotatable bonds is 4. The van der Waals surface area contributed by atoms with Crippen LogP contribution in [0.4, 0.5) is 5.69 Å². The van der Waals surface area contributed by atoms with Crippen LogP contribution in [0.1, 0.15) is 10.5 Å². The van der Waals surface area contributed by atoms with Gasteiger partial charge in [0.25, 0.3) is 5.69 Å². The third-order valence-corrected chi connectivity index (χ3v) is 2.96.